The van der Waals surface area contributed by atoms with E-state index in [-0.39, 0.29) is 0 Å². The summed E-state index contributed by atoms with van der Waals surface area (Å²) >= 11 is 5.20. The van der Waals surface area contributed by atoms with Gasteiger partial charge in [0.1, 0.15) is 6.07 Å². The molecule has 0 saturated heterocycles. The van der Waals surface area contributed by atoms with Gasteiger partial charge in [-0.2, -0.15) is 18.4 Å². The van der Waals surface area contributed by atoms with Gasteiger partial charge in [-0.1, -0.05) is 11.6 Å². The third-order valence-electron chi connectivity index (χ3n) is 1.67. The first-order chi connectivity index (χ1) is 7.29. The fraction of sp³-hybridized carbons (Fsp3) is 0.250. The first kappa shape index (κ1) is 12.6. The monoisotopic (exact) mass is 256 g/mol. The van der Waals surface area contributed by atoms with Crippen LogP contribution in [0.3, 0.4) is 0 Å². The topological polar surface area (TPSA) is 36.7 Å². The molecule has 16 heavy (non-hydrogen) atoms. The van der Waals surface area contributed by atoms with Crippen molar-refractivity contribution in [2.45, 2.75) is 12.6 Å². The van der Waals surface area contributed by atoms with Gasteiger partial charge in [0, 0.05) is 11.8 Å². The number of alkyl halides is 5. The number of nitriles is 1. The van der Waals surface area contributed by atoms with Gasteiger partial charge in [-0.15, -0.1) is 0 Å². The molecule has 0 amide bonds. The third-order valence-corrected chi connectivity index (χ3v) is 2.04. The second-order valence-corrected chi connectivity index (χ2v) is 3.04. The average Bonchev–Trinajstić information content (AvgIpc) is 2.14. The van der Waals surface area contributed by atoms with Gasteiger partial charge >= 0.3 is 6.18 Å². The molecule has 8 heteroatoms. The predicted octanol–water partition coefficient (Wildman–Crippen LogP) is 3.56. The van der Waals surface area contributed by atoms with Crippen molar-refractivity contribution in [1.82, 2.24) is 4.98 Å². The lowest BCUT2D eigenvalue weighted by molar-refractivity contribution is -0.139. The molecule has 0 aromatic carbocycles. The first-order valence-electron chi connectivity index (χ1n) is 3.73. The highest BCUT2D eigenvalue weighted by atomic mass is 35.5. The molecule has 0 radical (unpaired) electrons. The van der Waals surface area contributed by atoms with E-state index in [1.165, 1.54) is 6.07 Å². The molecular weight excluding hydrogens is 255 g/mol. The van der Waals surface area contributed by atoms with Gasteiger partial charge in [0.05, 0.1) is 10.6 Å². The average molecular weight is 257 g/mol. The van der Waals surface area contributed by atoms with Crippen molar-refractivity contribution in [3.05, 3.63) is 28.0 Å². The summed E-state index contributed by atoms with van der Waals surface area (Å²) in [4.78, 5) is 3.12. The molecule has 1 aromatic heterocycles. The zero-order chi connectivity index (χ0) is 12.5. The molecule has 0 saturated carbocycles. The molecular formula is C8H2ClF5N2. The maximum Gasteiger partial charge on any atom is 0.418 e. The van der Waals surface area contributed by atoms with Crippen LogP contribution in [0, 0.1) is 11.3 Å². The maximum absolute atomic E-state index is 12.4. The van der Waals surface area contributed by atoms with Crippen LogP contribution in [0.5, 0.6) is 0 Å². The van der Waals surface area contributed by atoms with Gasteiger partial charge in [0.2, 0.25) is 0 Å². The SMILES string of the molecule is N#Cc1ncc(C(F)F)c(C(F)(F)F)c1Cl. The Labute approximate surface area is 91.3 Å². The Balaban J connectivity index is 3.58. The van der Waals surface area contributed by atoms with E-state index >= 15 is 0 Å². The molecule has 1 aromatic rings. The van der Waals surface area contributed by atoms with Crippen molar-refractivity contribution >= 4 is 11.6 Å². The molecule has 1 rings (SSSR count). The summed E-state index contributed by atoms with van der Waals surface area (Å²) in [6.45, 7) is 0. The number of pyridine rings is 1. The van der Waals surface area contributed by atoms with Gasteiger partial charge in [-0.05, 0) is 0 Å². The van der Waals surface area contributed by atoms with Crippen LogP contribution in [0.25, 0.3) is 0 Å². The quantitative estimate of drug-likeness (QED) is 0.720. The maximum atomic E-state index is 12.4. The summed E-state index contributed by atoms with van der Waals surface area (Å²) in [6, 6.07) is 1.29. The van der Waals surface area contributed by atoms with Crippen molar-refractivity contribution in [1.29, 1.82) is 5.26 Å². The normalized spacial score (nSPS) is 11.6. The summed E-state index contributed by atoms with van der Waals surface area (Å²) in [5, 5.41) is 7.28. The number of hydrogen-bond acceptors (Lipinski definition) is 2. The van der Waals surface area contributed by atoms with Crippen LogP contribution in [-0.4, -0.2) is 4.98 Å². The standard InChI is InChI=1S/C8H2ClF5N2/c9-6-4(1-15)16-2-3(7(10)11)5(6)8(12,13)14/h2,7H. The van der Waals surface area contributed by atoms with E-state index in [1.54, 1.807) is 0 Å². The van der Waals surface area contributed by atoms with Gasteiger partial charge in [0.15, 0.2) is 5.69 Å². The second kappa shape index (κ2) is 4.22. The Morgan fingerprint density at radius 1 is 1.38 bits per heavy atom. The zero-order valence-electron chi connectivity index (χ0n) is 7.32. The summed E-state index contributed by atoms with van der Waals surface area (Å²) < 4.78 is 61.9. The lowest BCUT2D eigenvalue weighted by Crippen LogP contribution is -2.12. The fourth-order valence-electron chi connectivity index (χ4n) is 1.03. The van der Waals surface area contributed by atoms with Crippen LogP contribution in [0.4, 0.5) is 22.0 Å². The summed E-state index contributed by atoms with van der Waals surface area (Å²) in [6.07, 6.45) is -8.12. The van der Waals surface area contributed by atoms with Crippen molar-refractivity contribution in [2.24, 2.45) is 0 Å². The molecule has 0 spiro atoms. The number of aromatic nitrogens is 1. The molecule has 0 aliphatic carbocycles. The number of hydrogen-bond donors (Lipinski definition) is 0. The number of nitrogens with zero attached hydrogens (tertiary/aromatic N) is 2. The molecule has 0 aliphatic heterocycles. The van der Waals surface area contributed by atoms with Gasteiger partial charge in [0.25, 0.3) is 6.43 Å². The van der Waals surface area contributed by atoms with E-state index in [4.69, 9.17) is 16.9 Å². The van der Waals surface area contributed by atoms with E-state index in [0.717, 1.165) is 0 Å². The van der Waals surface area contributed by atoms with E-state index in [1.807, 2.05) is 0 Å². The van der Waals surface area contributed by atoms with Gasteiger partial charge < -0.3 is 0 Å². The smallest absolute Gasteiger partial charge is 0.243 e. The van der Waals surface area contributed by atoms with Crippen LogP contribution >= 0.6 is 11.6 Å². The fourth-order valence-corrected chi connectivity index (χ4v) is 1.34. The number of halogens is 6. The Kier molecular flexibility index (Phi) is 3.33. The first-order valence-corrected chi connectivity index (χ1v) is 4.10. The van der Waals surface area contributed by atoms with Crippen molar-refractivity contribution in [2.75, 3.05) is 0 Å². The highest BCUT2D eigenvalue weighted by molar-refractivity contribution is 6.32. The van der Waals surface area contributed by atoms with Crippen molar-refractivity contribution in [3.63, 3.8) is 0 Å². The van der Waals surface area contributed by atoms with E-state index in [0.29, 0.717) is 6.20 Å². The Morgan fingerprint density at radius 2 is 1.94 bits per heavy atom. The van der Waals surface area contributed by atoms with E-state index in [9.17, 15) is 22.0 Å². The van der Waals surface area contributed by atoms with E-state index < -0.39 is 34.4 Å². The molecule has 0 bridgehead atoms. The van der Waals surface area contributed by atoms with Crippen molar-refractivity contribution in [3.8, 4) is 6.07 Å². The van der Waals surface area contributed by atoms with Crippen LogP contribution in [0.2, 0.25) is 5.02 Å². The van der Waals surface area contributed by atoms with Crippen LogP contribution in [0.15, 0.2) is 6.20 Å². The zero-order valence-corrected chi connectivity index (χ0v) is 8.07. The summed E-state index contributed by atoms with van der Waals surface area (Å²) in [5.41, 5.74) is -3.79. The molecule has 0 aliphatic rings. The predicted molar refractivity (Wildman–Crippen MR) is 43.9 cm³/mol. The van der Waals surface area contributed by atoms with Gasteiger partial charge in [-0.25, -0.2) is 13.8 Å². The molecule has 0 fully saturated rings. The molecule has 86 valence electrons. The minimum atomic E-state index is -5.06. The molecule has 1 heterocycles. The van der Waals surface area contributed by atoms with Crippen molar-refractivity contribution < 1.29 is 22.0 Å². The molecule has 0 unspecified atom stereocenters. The largest absolute Gasteiger partial charge is 0.418 e. The Morgan fingerprint density at radius 3 is 2.31 bits per heavy atom. The Hall–Kier alpha value is -1.42. The number of rotatable bonds is 1. The highest BCUT2D eigenvalue weighted by Gasteiger charge is 2.39. The van der Waals surface area contributed by atoms with Gasteiger partial charge in [-0.3, -0.25) is 0 Å². The highest BCUT2D eigenvalue weighted by Crippen LogP contribution is 2.41. The Bertz CT molecular complexity index is 449. The van der Waals surface area contributed by atoms with Crippen LogP contribution < -0.4 is 0 Å². The van der Waals surface area contributed by atoms with Crippen LogP contribution in [-0.2, 0) is 6.18 Å². The molecule has 0 atom stereocenters. The third kappa shape index (κ3) is 2.22. The lowest BCUT2D eigenvalue weighted by Gasteiger charge is -2.13. The summed E-state index contributed by atoms with van der Waals surface area (Å²) in [7, 11) is 0. The summed E-state index contributed by atoms with van der Waals surface area (Å²) in [5.74, 6) is 0. The minimum absolute atomic E-state index is 0.303. The van der Waals surface area contributed by atoms with E-state index in [2.05, 4.69) is 4.98 Å². The molecule has 0 N–H and O–H groups in total. The molecule has 2 nitrogen and oxygen atoms in total. The minimum Gasteiger partial charge on any atom is -0.243 e. The van der Waals surface area contributed by atoms with Crippen LogP contribution in [0.1, 0.15) is 23.2 Å². The second-order valence-electron chi connectivity index (χ2n) is 2.66. The lowest BCUT2D eigenvalue weighted by atomic mass is 10.1.